The Labute approximate surface area is 148 Å². The molecule has 0 amide bonds. The van der Waals surface area contributed by atoms with Crippen LogP contribution in [0, 0.1) is 0 Å². The monoisotopic (exact) mass is 342 g/mol. The molecule has 2 rings (SSSR count). The van der Waals surface area contributed by atoms with Gasteiger partial charge in [-0.1, -0.05) is 92.4 Å². The summed E-state index contributed by atoms with van der Waals surface area (Å²) in [6, 6.07) is 15.9. The summed E-state index contributed by atoms with van der Waals surface area (Å²) in [6.07, 6.45) is 6.33. The minimum absolute atomic E-state index is 0.624. The van der Waals surface area contributed by atoms with Gasteiger partial charge < -0.3 is 0 Å². The highest BCUT2D eigenvalue weighted by molar-refractivity contribution is 6.35. The molecule has 0 aliphatic heterocycles. The smallest absolute Gasteiger partial charge is 0.103 e. The maximum Gasteiger partial charge on any atom is 0.121 e. The normalized spacial score (nSPS) is 14.1. The maximum absolute atomic E-state index is 7.16. The van der Waals surface area contributed by atoms with Crippen LogP contribution in [0.5, 0.6) is 0 Å². The fraction of sp³-hybridized carbons (Fsp3) is 0.143. The van der Waals surface area contributed by atoms with Crippen LogP contribution in [0.25, 0.3) is 0 Å². The van der Waals surface area contributed by atoms with Crippen LogP contribution in [-0.4, -0.2) is 0 Å². The van der Waals surface area contributed by atoms with Crippen molar-refractivity contribution < 1.29 is 0 Å². The first-order valence-electron chi connectivity index (χ1n) is 7.56. The van der Waals surface area contributed by atoms with Gasteiger partial charge in [-0.2, -0.15) is 0 Å². The standard InChI is InChI=1S/C21H20Cl2/c1-4-9-17(6-3)21(23,19-10-7-8-11-20(19)22)18-14-12-16(5-2)13-15-18/h4,6-15H,1,3,5H2,2H3/b17-9+. The van der Waals surface area contributed by atoms with E-state index in [1.54, 1.807) is 12.2 Å². The van der Waals surface area contributed by atoms with Crippen molar-refractivity contribution in [3.63, 3.8) is 0 Å². The van der Waals surface area contributed by atoms with E-state index in [0.717, 1.165) is 23.1 Å². The molecule has 0 radical (unpaired) electrons. The second-order valence-electron chi connectivity index (χ2n) is 5.25. The average molecular weight is 343 g/mol. The Kier molecular flexibility index (Phi) is 5.87. The molecule has 0 heterocycles. The molecule has 23 heavy (non-hydrogen) atoms. The largest absolute Gasteiger partial charge is 0.121 e. The highest BCUT2D eigenvalue weighted by Gasteiger charge is 2.36. The molecule has 0 aliphatic carbocycles. The van der Waals surface area contributed by atoms with Crippen LogP contribution in [-0.2, 0) is 11.3 Å². The second-order valence-corrected chi connectivity index (χ2v) is 6.22. The summed E-state index contributed by atoms with van der Waals surface area (Å²) >= 11 is 13.6. The van der Waals surface area contributed by atoms with Crippen LogP contribution < -0.4 is 0 Å². The Morgan fingerprint density at radius 3 is 2.26 bits per heavy atom. The van der Waals surface area contributed by atoms with Crippen LogP contribution >= 0.6 is 23.2 Å². The number of aryl methyl sites for hydroxylation is 1. The summed E-state index contributed by atoms with van der Waals surface area (Å²) in [4.78, 5) is -0.902. The van der Waals surface area contributed by atoms with Gasteiger partial charge in [0.15, 0.2) is 0 Å². The van der Waals surface area contributed by atoms with Crippen molar-refractivity contribution in [1.29, 1.82) is 0 Å². The van der Waals surface area contributed by atoms with Gasteiger partial charge in [0.1, 0.15) is 4.87 Å². The van der Waals surface area contributed by atoms with Crippen molar-refractivity contribution in [2.24, 2.45) is 0 Å². The Hall–Kier alpha value is -1.76. The second kappa shape index (κ2) is 7.68. The average Bonchev–Trinajstić information content (AvgIpc) is 2.59. The van der Waals surface area contributed by atoms with Gasteiger partial charge in [-0.15, -0.1) is 11.6 Å². The van der Waals surface area contributed by atoms with E-state index in [9.17, 15) is 0 Å². The molecule has 118 valence electrons. The van der Waals surface area contributed by atoms with Crippen molar-refractivity contribution in [3.8, 4) is 0 Å². The molecular weight excluding hydrogens is 323 g/mol. The lowest BCUT2D eigenvalue weighted by molar-refractivity contribution is 0.877. The van der Waals surface area contributed by atoms with E-state index in [0.29, 0.717) is 5.02 Å². The zero-order valence-electron chi connectivity index (χ0n) is 13.2. The van der Waals surface area contributed by atoms with Crippen LogP contribution in [0.2, 0.25) is 5.02 Å². The van der Waals surface area contributed by atoms with Crippen molar-refractivity contribution in [2.75, 3.05) is 0 Å². The Balaban J connectivity index is 2.73. The van der Waals surface area contributed by atoms with E-state index < -0.39 is 4.87 Å². The lowest BCUT2D eigenvalue weighted by atomic mass is 9.83. The number of rotatable bonds is 6. The molecule has 2 heteroatoms. The molecule has 0 nitrogen and oxygen atoms in total. The zero-order valence-corrected chi connectivity index (χ0v) is 14.7. The fourth-order valence-corrected chi connectivity index (χ4v) is 3.40. The van der Waals surface area contributed by atoms with Crippen LogP contribution in [0.4, 0.5) is 0 Å². The third kappa shape index (κ3) is 3.44. The molecule has 0 saturated heterocycles. The van der Waals surface area contributed by atoms with Crippen LogP contribution in [0.15, 0.2) is 85.5 Å². The summed E-state index contributed by atoms with van der Waals surface area (Å²) in [5.74, 6) is 0. The summed E-state index contributed by atoms with van der Waals surface area (Å²) < 4.78 is 0. The van der Waals surface area contributed by atoms with Gasteiger partial charge in [-0.3, -0.25) is 0 Å². The first kappa shape index (κ1) is 17.6. The molecule has 0 spiro atoms. The Bertz CT molecular complexity index is 726. The SMILES string of the molecule is C=C/C=C(\C=C)C(Cl)(c1ccc(CC)cc1)c1ccccc1Cl. The van der Waals surface area contributed by atoms with Crippen molar-refractivity contribution >= 4 is 23.2 Å². The molecule has 0 aromatic heterocycles. The van der Waals surface area contributed by atoms with Gasteiger partial charge in [0, 0.05) is 10.6 Å². The van der Waals surface area contributed by atoms with E-state index in [-0.39, 0.29) is 0 Å². The molecule has 0 saturated carbocycles. The van der Waals surface area contributed by atoms with Gasteiger partial charge in [0.05, 0.1) is 0 Å². The van der Waals surface area contributed by atoms with Gasteiger partial charge in [-0.05, 0) is 29.2 Å². The summed E-state index contributed by atoms with van der Waals surface area (Å²) in [5, 5.41) is 0.624. The number of halogens is 2. The fourth-order valence-electron chi connectivity index (χ4n) is 2.64. The molecule has 0 fully saturated rings. The summed E-state index contributed by atoms with van der Waals surface area (Å²) in [5.41, 5.74) is 3.89. The number of alkyl halides is 1. The molecule has 0 bridgehead atoms. The third-order valence-electron chi connectivity index (χ3n) is 3.92. The van der Waals surface area contributed by atoms with Crippen LogP contribution in [0.1, 0.15) is 23.6 Å². The van der Waals surface area contributed by atoms with E-state index >= 15 is 0 Å². The molecular formula is C21H20Cl2. The molecule has 0 aliphatic rings. The molecule has 0 N–H and O–H groups in total. The quantitative estimate of drug-likeness (QED) is 0.405. The lowest BCUT2D eigenvalue weighted by Gasteiger charge is -2.31. The minimum atomic E-state index is -0.902. The molecule has 2 aromatic rings. The maximum atomic E-state index is 7.16. The summed E-state index contributed by atoms with van der Waals surface area (Å²) in [6.45, 7) is 9.83. The topological polar surface area (TPSA) is 0 Å². The molecule has 1 atom stereocenters. The lowest BCUT2D eigenvalue weighted by Crippen LogP contribution is -2.23. The zero-order chi connectivity index (χ0) is 16.9. The number of allylic oxidation sites excluding steroid dienone is 4. The van der Waals surface area contributed by atoms with Gasteiger partial charge in [0.25, 0.3) is 0 Å². The first-order valence-corrected chi connectivity index (χ1v) is 8.32. The van der Waals surface area contributed by atoms with E-state index in [2.05, 4.69) is 44.3 Å². The van der Waals surface area contributed by atoms with Gasteiger partial charge >= 0.3 is 0 Å². The van der Waals surface area contributed by atoms with E-state index in [4.69, 9.17) is 23.2 Å². The van der Waals surface area contributed by atoms with Crippen molar-refractivity contribution in [1.82, 2.24) is 0 Å². The molecule has 2 aromatic carbocycles. The van der Waals surface area contributed by atoms with Gasteiger partial charge in [-0.25, -0.2) is 0 Å². The molecule has 1 unspecified atom stereocenters. The highest BCUT2D eigenvalue weighted by atomic mass is 35.5. The minimum Gasteiger partial charge on any atom is -0.103 e. The Morgan fingerprint density at radius 2 is 1.74 bits per heavy atom. The number of benzene rings is 2. The summed E-state index contributed by atoms with van der Waals surface area (Å²) in [7, 11) is 0. The highest BCUT2D eigenvalue weighted by Crippen LogP contribution is 2.46. The third-order valence-corrected chi connectivity index (χ3v) is 4.89. The first-order chi connectivity index (χ1) is 11.1. The number of hydrogen-bond acceptors (Lipinski definition) is 0. The van der Waals surface area contributed by atoms with Crippen LogP contribution in [0.3, 0.4) is 0 Å². The number of hydrogen-bond donors (Lipinski definition) is 0. The van der Waals surface area contributed by atoms with Crippen molar-refractivity contribution in [3.05, 3.63) is 107 Å². The predicted octanol–water partition coefficient (Wildman–Crippen LogP) is 6.68. The van der Waals surface area contributed by atoms with E-state index in [1.807, 2.05) is 30.3 Å². The predicted molar refractivity (Wildman–Crippen MR) is 102 cm³/mol. The Morgan fingerprint density at radius 1 is 1.09 bits per heavy atom. The van der Waals surface area contributed by atoms with Crippen molar-refractivity contribution in [2.45, 2.75) is 18.2 Å². The van der Waals surface area contributed by atoms with Gasteiger partial charge in [0.2, 0.25) is 0 Å². The van der Waals surface area contributed by atoms with E-state index in [1.165, 1.54) is 5.56 Å².